The van der Waals surface area contributed by atoms with Gasteiger partial charge < -0.3 is 11.1 Å². The molecule has 3 rings (SSSR count). The highest BCUT2D eigenvalue weighted by atomic mass is 16.1. The van der Waals surface area contributed by atoms with E-state index in [9.17, 15) is 4.79 Å². The van der Waals surface area contributed by atoms with Crippen molar-refractivity contribution in [2.45, 2.75) is 37.8 Å². The lowest BCUT2D eigenvalue weighted by atomic mass is 9.75. The molecule has 0 aromatic heterocycles. The SMILES string of the molecule is NC1(CC(=O)NCc2cccc3ccccc23)CCC1. The molecule has 20 heavy (non-hydrogen) atoms. The first kappa shape index (κ1) is 13.1. The zero-order valence-electron chi connectivity index (χ0n) is 11.6. The van der Waals surface area contributed by atoms with E-state index >= 15 is 0 Å². The molecule has 0 heterocycles. The summed E-state index contributed by atoms with van der Waals surface area (Å²) in [6.07, 6.45) is 3.52. The minimum Gasteiger partial charge on any atom is -0.352 e. The van der Waals surface area contributed by atoms with Gasteiger partial charge in [0.15, 0.2) is 0 Å². The Labute approximate surface area is 119 Å². The lowest BCUT2D eigenvalue weighted by molar-refractivity contribution is -0.123. The molecule has 0 bridgehead atoms. The summed E-state index contributed by atoms with van der Waals surface area (Å²) in [5.41, 5.74) is 7.00. The third kappa shape index (κ3) is 2.68. The Hall–Kier alpha value is -1.87. The first-order valence-electron chi connectivity index (χ1n) is 7.19. The molecule has 1 aliphatic rings. The maximum absolute atomic E-state index is 12.0. The lowest BCUT2D eigenvalue weighted by Gasteiger charge is -2.37. The molecule has 2 aromatic rings. The van der Waals surface area contributed by atoms with Gasteiger partial charge in [-0.1, -0.05) is 42.5 Å². The van der Waals surface area contributed by atoms with Gasteiger partial charge in [0.05, 0.1) is 0 Å². The van der Waals surface area contributed by atoms with E-state index < -0.39 is 0 Å². The first-order valence-corrected chi connectivity index (χ1v) is 7.19. The van der Waals surface area contributed by atoms with Crippen LogP contribution in [0.15, 0.2) is 42.5 Å². The summed E-state index contributed by atoms with van der Waals surface area (Å²) in [6.45, 7) is 0.566. The topological polar surface area (TPSA) is 55.1 Å². The highest BCUT2D eigenvalue weighted by molar-refractivity contribution is 5.86. The molecule has 0 spiro atoms. The van der Waals surface area contributed by atoms with Crippen LogP contribution >= 0.6 is 0 Å². The molecule has 3 nitrogen and oxygen atoms in total. The molecule has 1 saturated carbocycles. The van der Waals surface area contributed by atoms with Gasteiger partial charge in [-0.05, 0) is 35.6 Å². The van der Waals surface area contributed by atoms with Crippen LogP contribution in [0.3, 0.4) is 0 Å². The standard InChI is InChI=1S/C17H20N2O/c18-17(9-4-10-17)11-16(20)19-12-14-7-3-6-13-5-1-2-8-15(13)14/h1-3,5-8H,4,9-12,18H2,(H,19,20). The van der Waals surface area contributed by atoms with Gasteiger partial charge in [0.25, 0.3) is 0 Å². The Kier molecular flexibility index (Phi) is 3.45. The van der Waals surface area contributed by atoms with Gasteiger partial charge in [-0.15, -0.1) is 0 Å². The first-order chi connectivity index (χ1) is 9.66. The second kappa shape index (κ2) is 5.25. The second-order valence-corrected chi connectivity index (χ2v) is 5.81. The number of fused-ring (bicyclic) bond motifs is 1. The Morgan fingerprint density at radius 3 is 2.65 bits per heavy atom. The Bertz CT molecular complexity index is 626. The van der Waals surface area contributed by atoms with Crippen molar-refractivity contribution in [2.75, 3.05) is 0 Å². The van der Waals surface area contributed by atoms with Crippen molar-refractivity contribution in [1.29, 1.82) is 0 Å². The molecule has 0 radical (unpaired) electrons. The zero-order valence-corrected chi connectivity index (χ0v) is 11.6. The van der Waals surface area contributed by atoms with Crippen LogP contribution in [-0.4, -0.2) is 11.4 Å². The van der Waals surface area contributed by atoms with Crippen molar-refractivity contribution in [2.24, 2.45) is 5.73 Å². The molecule has 0 unspecified atom stereocenters. The van der Waals surface area contributed by atoms with Crippen molar-refractivity contribution in [3.05, 3.63) is 48.0 Å². The summed E-state index contributed by atoms with van der Waals surface area (Å²) in [6, 6.07) is 14.4. The number of nitrogens with two attached hydrogens (primary N) is 1. The molecule has 104 valence electrons. The average Bonchev–Trinajstić information content (AvgIpc) is 2.43. The van der Waals surface area contributed by atoms with Gasteiger partial charge in [-0.2, -0.15) is 0 Å². The fourth-order valence-electron chi connectivity index (χ4n) is 2.83. The van der Waals surface area contributed by atoms with Crippen molar-refractivity contribution in [1.82, 2.24) is 5.32 Å². The molecule has 2 aromatic carbocycles. The maximum atomic E-state index is 12.0. The van der Waals surface area contributed by atoms with Gasteiger partial charge in [-0.25, -0.2) is 0 Å². The third-order valence-electron chi connectivity index (χ3n) is 4.22. The fourth-order valence-corrected chi connectivity index (χ4v) is 2.83. The van der Waals surface area contributed by atoms with E-state index in [1.54, 1.807) is 0 Å². The van der Waals surface area contributed by atoms with E-state index in [2.05, 4.69) is 29.6 Å². The number of carbonyl (C=O) groups excluding carboxylic acids is 1. The summed E-state index contributed by atoms with van der Waals surface area (Å²) < 4.78 is 0. The Morgan fingerprint density at radius 1 is 1.15 bits per heavy atom. The number of nitrogens with one attached hydrogen (secondary N) is 1. The van der Waals surface area contributed by atoms with E-state index in [1.165, 1.54) is 10.8 Å². The second-order valence-electron chi connectivity index (χ2n) is 5.81. The number of rotatable bonds is 4. The highest BCUT2D eigenvalue weighted by Crippen LogP contribution is 2.31. The molecule has 0 atom stereocenters. The zero-order chi connectivity index (χ0) is 14.0. The molecule has 3 heteroatoms. The van der Waals surface area contributed by atoms with E-state index in [0.29, 0.717) is 13.0 Å². The highest BCUT2D eigenvalue weighted by Gasteiger charge is 2.34. The van der Waals surface area contributed by atoms with E-state index in [0.717, 1.165) is 24.8 Å². The predicted molar refractivity (Wildman–Crippen MR) is 81.2 cm³/mol. The van der Waals surface area contributed by atoms with Gasteiger partial charge >= 0.3 is 0 Å². The van der Waals surface area contributed by atoms with Crippen LogP contribution < -0.4 is 11.1 Å². The molecule has 0 saturated heterocycles. The van der Waals surface area contributed by atoms with Gasteiger partial charge in [0.2, 0.25) is 5.91 Å². The molecule has 1 amide bonds. The van der Waals surface area contributed by atoms with Crippen molar-refractivity contribution in [3.8, 4) is 0 Å². The normalized spacial score (nSPS) is 16.6. The average molecular weight is 268 g/mol. The summed E-state index contributed by atoms with van der Waals surface area (Å²) in [4.78, 5) is 12.0. The smallest absolute Gasteiger partial charge is 0.222 e. The lowest BCUT2D eigenvalue weighted by Crippen LogP contribution is -2.49. The van der Waals surface area contributed by atoms with Gasteiger partial charge in [0.1, 0.15) is 0 Å². The van der Waals surface area contributed by atoms with Crippen LogP contribution in [0.2, 0.25) is 0 Å². The minimum atomic E-state index is -0.247. The van der Waals surface area contributed by atoms with E-state index in [1.807, 2.05) is 18.2 Å². The molecule has 1 aliphatic carbocycles. The molecule has 3 N–H and O–H groups in total. The fraction of sp³-hybridized carbons (Fsp3) is 0.353. The number of benzene rings is 2. The van der Waals surface area contributed by atoms with Crippen molar-refractivity contribution in [3.63, 3.8) is 0 Å². The van der Waals surface area contributed by atoms with Crippen LogP contribution in [0.5, 0.6) is 0 Å². The number of amides is 1. The quantitative estimate of drug-likeness (QED) is 0.895. The van der Waals surface area contributed by atoms with Crippen LogP contribution in [0.1, 0.15) is 31.2 Å². The Balaban J connectivity index is 1.66. The van der Waals surface area contributed by atoms with Crippen LogP contribution in [0.25, 0.3) is 10.8 Å². The summed E-state index contributed by atoms with van der Waals surface area (Å²) in [5, 5.41) is 5.39. The molecular weight excluding hydrogens is 248 g/mol. The van der Waals surface area contributed by atoms with Crippen molar-refractivity contribution < 1.29 is 4.79 Å². The van der Waals surface area contributed by atoms with Crippen LogP contribution in [0.4, 0.5) is 0 Å². The third-order valence-corrected chi connectivity index (χ3v) is 4.22. The van der Waals surface area contributed by atoms with Crippen molar-refractivity contribution >= 4 is 16.7 Å². The predicted octanol–water partition coefficient (Wildman–Crippen LogP) is 2.73. The Morgan fingerprint density at radius 2 is 1.90 bits per heavy atom. The largest absolute Gasteiger partial charge is 0.352 e. The molecule has 1 fully saturated rings. The summed E-state index contributed by atoms with van der Waals surface area (Å²) >= 11 is 0. The molecule has 0 aliphatic heterocycles. The van der Waals surface area contributed by atoms with Gasteiger partial charge in [-0.3, -0.25) is 4.79 Å². The summed E-state index contributed by atoms with van der Waals surface area (Å²) in [7, 11) is 0. The van der Waals surface area contributed by atoms with Gasteiger partial charge in [0, 0.05) is 18.5 Å². The monoisotopic (exact) mass is 268 g/mol. The van der Waals surface area contributed by atoms with Crippen LogP contribution in [0, 0.1) is 0 Å². The molecular formula is C17H20N2O. The number of hydrogen-bond acceptors (Lipinski definition) is 2. The van der Waals surface area contributed by atoms with Crippen LogP contribution in [-0.2, 0) is 11.3 Å². The van der Waals surface area contributed by atoms with E-state index in [4.69, 9.17) is 5.73 Å². The summed E-state index contributed by atoms with van der Waals surface area (Å²) in [5.74, 6) is 0.0557. The number of hydrogen-bond donors (Lipinski definition) is 2. The minimum absolute atomic E-state index is 0.0557. The maximum Gasteiger partial charge on any atom is 0.222 e. The number of carbonyl (C=O) groups is 1. The van der Waals surface area contributed by atoms with E-state index in [-0.39, 0.29) is 11.4 Å².